The molecule has 0 atom stereocenters. The number of carbonyl (C=O) groups is 1. The Hall–Kier alpha value is -2.85. The summed E-state index contributed by atoms with van der Waals surface area (Å²) in [6.45, 7) is 0. The van der Waals surface area contributed by atoms with Crippen LogP contribution in [0, 0.1) is 0 Å². The zero-order valence-corrected chi connectivity index (χ0v) is 9.32. The molecule has 1 N–H and O–H groups in total. The number of amides is 1. The molecule has 1 aromatic carbocycles. The first kappa shape index (κ1) is 11.6. The van der Waals surface area contributed by atoms with Crippen LogP contribution in [-0.4, -0.2) is 10.9 Å². The van der Waals surface area contributed by atoms with Crippen molar-refractivity contribution in [2.75, 3.05) is 5.32 Å². The summed E-state index contributed by atoms with van der Waals surface area (Å²) in [4.78, 5) is 18.5. The largest absolute Gasteiger partial charge is 0.321 e. The third kappa shape index (κ3) is 2.84. The number of nitrogens with zero attached hydrogens (tertiary/aromatic N) is 4. The van der Waals surface area contributed by atoms with Gasteiger partial charge in [-0.15, -0.1) is 0 Å². The van der Waals surface area contributed by atoms with E-state index in [0.717, 1.165) is 0 Å². The third-order valence-electron chi connectivity index (χ3n) is 2.19. The highest BCUT2D eigenvalue weighted by Gasteiger charge is 2.06. The highest BCUT2D eigenvalue weighted by Crippen LogP contribution is 2.15. The lowest BCUT2D eigenvalue weighted by Gasteiger charge is -2.04. The molecule has 6 heteroatoms. The number of rotatable bonds is 3. The summed E-state index contributed by atoms with van der Waals surface area (Å²) in [5.74, 6) is -0.280. The minimum Gasteiger partial charge on any atom is -0.321 e. The fraction of sp³-hybridized carbons (Fsp3) is 0. The van der Waals surface area contributed by atoms with E-state index in [1.54, 1.807) is 42.7 Å². The zero-order chi connectivity index (χ0) is 12.8. The maximum Gasteiger partial charge on any atom is 0.255 e. The Bertz CT molecular complexity index is 605. The van der Waals surface area contributed by atoms with Gasteiger partial charge in [0.15, 0.2) is 0 Å². The molecule has 1 amide bonds. The lowest BCUT2D eigenvalue weighted by molar-refractivity contribution is 0.102. The zero-order valence-electron chi connectivity index (χ0n) is 9.32. The number of hydrogen-bond acceptors (Lipinski definition) is 3. The Kier molecular flexibility index (Phi) is 3.53. The van der Waals surface area contributed by atoms with E-state index in [4.69, 9.17) is 5.53 Å². The lowest BCUT2D eigenvalue weighted by atomic mass is 10.2. The Labute approximate surface area is 103 Å². The number of nitrogens with one attached hydrogen (secondary N) is 1. The molecule has 1 aromatic heterocycles. The van der Waals surface area contributed by atoms with Crippen LogP contribution < -0.4 is 5.32 Å². The molecule has 0 aliphatic rings. The van der Waals surface area contributed by atoms with Gasteiger partial charge in [-0.2, -0.15) is 0 Å². The van der Waals surface area contributed by atoms with Gasteiger partial charge in [-0.25, -0.2) is 0 Å². The van der Waals surface area contributed by atoms with E-state index in [-0.39, 0.29) is 5.91 Å². The molecule has 2 rings (SSSR count). The second-order valence-corrected chi connectivity index (χ2v) is 3.44. The minimum atomic E-state index is -0.280. The van der Waals surface area contributed by atoms with Crippen LogP contribution in [0.15, 0.2) is 53.9 Å². The van der Waals surface area contributed by atoms with Gasteiger partial charge in [0.25, 0.3) is 5.91 Å². The molecule has 6 nitrogen and oxygen atoms in total. The standard InChI is InChI=1S/C12H9N5O/c13-17-16-10-4-1-3-9(7-10)12(18)15-11-5-2-6-14-8-11/h1-8H,(H,15,18). The van der Waals surface area contributed by atoms with E-state index < -0.39 is 0 Å². The molecular formula is C12H9N5O. The SMILES string of the molecule is [N-]=[N+]=Nc1cccc(C(=O)Nc2cccnc2)c1. The van der Waals surface area contributed by atoms with E-state index in [0.29, 0.717) is 16.9 Å². The monoisotopic (exact) mass is 239 g/mol. The van der Waals surface area contributed by atoms with E-state index in [1.165, 1.54) is 6.07 Å². The van der Waals surface area contributed by atoms with Crippen LogP contribution in [-0.2, 0) is 0 Å². The number of carbonyl (C=O) groups excluding carboxylic acids is 1. The van der Waals surface area contributed by atoms with Crippen molar-refractivity contribution in [2.45, 2.75) is 0 Å². The summed E-state index contributed by atoms with van der Waals surface area (Å²) in [6, 6.07) is 9.91. The maximum atomic E-state index is 11.9. The molecular weight excluding hydrogens is 230 g/mol. The Balaban J connectivity index is 2.19. The van der Waals surface area contributed by atoms with Gasteiger partial charge in [-0.3, -0.25) is 9.78 Å². The highest BCUT2D eigenvalue weighted by molar-refractivity contribution is 6.04. The molecule has 0 aliphatic carbocycles. The molecule has 2 aromatic rings. The predicted octanol–water partition coefficient (Wildman–Crippen LogP) is 3.28. The number of aromatic nitrogens is 1. The van der Waals surface area contributed by atoms with Crippen LogP contribution in [0.25, 0.3) is 10.4 Å². The normalized spacial score (nSPS) is 9.33. The van der Waals surface area contributed by atoms with E-state index in [9.17, 15) is 4.79 Å². The molecule has 88 valence electrons. The van der Waals surface area contributed by atoms with Gasteiger partial charge in [0.1, 0.15) is 0 Å². The number of benzene rings is 1. The van der Waals surface area contributed by atoms with E-state index in [1.807, 2.05) is 0 Å². The summed E-state index contributed by atoms with van der Waals surface area (Å²) in [5, 5.41) is 6.14. The fourth-order valence-electron chi connectivity index (χ4n) is 1.40. The average Bonchev–Trinajstić information content (AvgIpc) is 2.40. The summed E-state index contributed by atoms with van der Waals surface area (Å²) < 4.78 is 0. The molecule has 0 unspecified atom stereocenters. The van der Waals surface area contributed by atoms with Crippen molar-refractivity contribution in [2.24, 2.45) is 5.11 Å². The first-order chi connectivity index (χ1) is 8.79. The van der Waals surface area contributed by atoms with Gasteiger partial charge in [-0.05, 0) is 29.8 Å². The predicted molar refractivity (Wildman–Crippen MR) is 67.4 cm³/mol. The molecule has 0 saturated heterocycles. The molecule has 0 bridgehead atoms. The molecule has 0 spiro atoms. The topological polar surface area (TPSA) is 90.8 Å². The molecule has 18 heavy (non-hydrogen) atoms. The van der Waals surface area contributed by atoms with Crippen molar-refractivity contribution in [1.29, 1.82) is 0 Å². The van der Waals surface area contributed by atoms with Crippen molar-refractivity contribution in [1.82, 2.24) is 4.98 Å². The highest BCUT2D eigenvalue weighted by atomic mass is 16.1. The van der Waals surface area contributed by atoms with Crippen LogP contribution in [0.1, 0.15) is 10.4 Å². The maximum absolute atomic E-state index is 11.9. The molecule has 0 saturated carbocycles. The Morgan fingerprint density at radius 1 is 1.33 bits per heavy atom. The van der Waals surface area contributed by atoms with Crippen LogP contribution in [0.4, 0.5) is 11.4 Å². The van der Waals surface area contributed by atoms with Crippen molar-refractivity contribution in [3.8, 4) is 0 Å². The number of azide groups is 1. The van der Waals surface area contributed by atoms with Gasteiger partial charge >= 0.3 is 0 Å². The smallest absolute Gasteiger partial charge is 0.255 e. The summed E-state index contributed by atoms with van der Waals surface area (Å²) in [7, 11) is 0. The van der Waals surface area contributed by atoms with Crippen molar-refractivity contribution in [3.63, 3.8) is 0 Å². The average molecular weight is 239 g/mol. The van der Waals surface area contributed by atoms with Crippen LogP contribution >= 0.6 is 0 Å². The summed E-state index contributed by atoms with van der Waals surface area (Å²) in [6.07, 6.45) is 3.17. The lowest BCUT2D eigenvalue weighted by Crippen LogP contribution is -2.11. The molecule has 0 aliphatic heterocycles. The third-order valence-corrected chi connectivity index (χ3v) is 2.19. The second kappa shape index (κ2) is 5.47. The van der Waals surface area contributed by atoms with Crippen LogP contribution in [0.2, 0.25) is 0 Å². The summed E-state index contributed by atoms with van der Waals surface area (Å²) >= 11 is 0. The number of anilines is 1. The van der Waals surface area contributed by atoms with Gasteiger partial charge in [0, 0.05) is 22.4 Å². The fourth-order valence-corrected chi connectivity index (χ4v) is 1.40. The summed E-state index contributed by atoms with van der Waals surface area (Å²) in [5.41, 5.74) is 9.76. The van der Waals surface area contributed by atoms with Crippen molar-refractivity contribution < 1.29 is 4.79 Å². The van der Waals surface area contributed by atoms with Gasteiger partial charge < -0.3 is 5.32 Å². The van der Waals surface area contributed by atoms with Gasteiger partial charge in [0.2, 0.25) is 0 Å². The van der Waals surface area contributed by atoms with Crippen LogP contribution in [0.5, 0.6) is 0 Å². The Morgan fingerprint density at radius 3 is 2.94 bits per heavy atom. The molecule has 0 radical (unpaired) electrons. The molecule has 0 fully saturated rings. The Morgan fingerprint density at radius 2 is 2.22 bits per heavy atom. The van der Waals surface area contributed by atoms with Crippen LogP contribution in [0.3, 0.4) is 0 Å². The van der Waals surface area contributed by atoms with Crippen molar-refractivity contribution >= 4 is 17.3 Å². The van der Waals surface area contributed by atoms with E-state index >= 15 is 0 Å². The molecule has 1 heterocycles. The number of hydrogen-bond donors (Lipinski definition) is 1. The number of pyridine rings is 1. The van der Waals surface area contributed by atoms with Gasteiger partial charge in [-0.1, -0.05) is 17.2 Å². The van der Waals surface area contributed by atoms with Crippen molar-refractivity contribution in [3.05, 3.63) is 64.8 Å². The first-order valence-corrected chi connectivity index (χ1v) is 5.16. The minimum absolute atomic E-state index is 0.280. The second-order valence-electron chi connectivity index (χ2n) is 3.44. The first-order valence-electron chi connectivity index (χ1n) is 5.16. The quantitative estimate of drug-likeness (QED) is 0.505. The van der Waals surface area contributed by atoms with Gasteiger partial charge in [0.05, 0.1) is 11.9 Å². The van der Waals surface area contributed by atoms with E-state index in [2.05, 4.69) is 20.3 Å².